The van der Waals surface area contributed by atoms with Crippen LogP contribution >= 0.6 is 11.6 Å². The Morgan fingerprint density at radius 3 is 2.39 bits per heavy atom. The summed E-state index contributed by atoms with van der Waals surface area (Å²) < 4.78 is 0. The molecule has 0 heterocycles. The molecule has 5 nitrogen and oxygen atoms in total. The summed E-state index contributed by atoms with van der Waals surface area (Å²) >= 11 is 5.72. The molecule has 1 aliphatic rings. The van der Waals surface area contributed by atoms with E-state index in [0.29, 0.717) is 23.6 Å². The summed E-state index contributed by atoms with van der Waals surface area (Å²) in [7, 11) is 0. The summed E-state index contributed by atoms with van der Waals surface area (Å²) in [5.41, 5.74) is -0.144. The van der Waals surface area contributed by atoms with E-state index in [-0.39, 0.29) is 6.54 Å². The van der Waals surface area contributed by atoms with Gasteiger partial charge in [-0.1, -0.05) is 11.6 Å². The standard InChI is InChI=1S/C12H13ClN2O3/c13-8-1-3-9(4-2-8)15-11(18)14-7-12(5-6-12)10(16)17/h1-4H,5-7H2,(H,16,17)(H2,14,15,18). The predicted molar refractivity (Wildman–Crippen MR) is 67.8 cm³/mol. The van der Waals surface area contributed by atoms with Gasteiger partial charge in [0, 0.05) is 17.3 Å². The van der Waals surface area contributed by atoms with E-state index in [2.05, 4.69) is 10.6 Å². The van der Waals surface area contributed by atoms with Crippen LogP contribution in [0.3, 0.4) is 0 Å². The van der Waals surface area contributed by atoms with E-state index in [4.69, 9.17) is 16.7 Å². The molecule has 3 N–H and O–H groups in total. The van der Waals surface area contributed by atoms with Gasteiger partial charge >= 0.3 is 12.0 Å². The lowest BCUT2D eigenvalue weighted by Crippen LogP contribution is -2.36. The van der Waals surface area contributed by atoms with Crippen LogP contribution in [0.2, 0.25) is 5.02 Å². The number of benzene rings is 1. The highest BCUT2D eigenvalue weighted by Gasteiger charge is 2.50. The number of nitrogens with one attached hydrogen (secondary N) is 2. The van der Waals surface area contributed by atoms with Crippen molar-refractivity contribution in [2.45, 2.75) is 12.8 Å². The molecule has 1 fully saturated rings. The minimum Gasteiger partial charge on any atom is -0.481 e. The fourth-order valence-corrected chi connectivity index (χ4v) is 1.70. The number of rotatable bonds is 4. The number of amides is 2. The lowest BCUT2D eigenvalue weighted by atomic mass is 10.1. The van der Waals surface area contributed by atoms with Crippen molar-refractivity contribution in [2.24, 2.45) is 5.41 Å². The molecule has 0 bridgehead atoms. The quantitative estimate of drug-likeness (QED) is 0.784. The average molecular weight is 269 g/mol. The number of hydrogen-bond acceptors (Lipinski definition) is 2. The van der Waals surface area contributed by atoms with Gasteiger partial charge < -0.3 is 15.7 Å². The first-order valence-corrected chi connectivity index (χ1v) is 5.93. The zero-order chi connectivity index (χ0) is 13.2. The van der Waals surface area contributed by atoms with Crippen molar-refractivity contribution in [3.8, 4) is 0 Å². The van der Waals surface area contributed by atoms with Crippen molar-refractivity contribution in [3.05, 3.63) is 29.3 Å². The normalized spacial score (nSPS) is 15.8. The van der Waals surface area contributed by atoms with Crippen LogP contribution in [0.1, 0.15) is 12.8 Å². The highest BCUT2D eigenvalue weighted by Crippen LogP contribution is 2.45. The van der Waals surface area contributed by atoms with Crippen molar-refractivity contribution in [2.75, 3.05) is 11.9 Å². The molecular formula is C12H13ClN2O3. The van der Waals surface area contributed by atoms with Crippen molar-refractivity contribution >= 4 is 29.3 Å². The molecule has 1 aliphatic carbocycles. The third-order valence-corrected chi connectivity index (χ3v) is 3.25. The number of carboxylic acid groups (broad SMARTS) is 1. The van der Waals surface area contributed by atoms with Gasteiger partial charge in [-0.3, -0.25) is 4.79 Å². The van der Waals surface area contributed by atoms with Gasteiger partial charge in [-0.15, -0.1) is 0 Å². The summed E-state index contributed by atoms with van der Waals surface area (Å²) in [6.45, 7) is 0.155. The fourth-order valence-electron chi connectivity index (χ4n) is 1.58. The molecule has 0 atom stereocenters. The molecule has 1 saturated carbocycles. The first-order chi connectivity index (χ1) is 8.52. The Hall–Kier alpha value is -1.75. The van der Waals surface area contributed by atoms with Gasteiger partial charge in [0.1, 0.15) is 0 Å². The number of hydrogen-bond donors (Lipinski definition) is 3. The Morgan fingerprint density at radius 1 is 1.28 bits per heavy atom. The fraction of sp³-hybridized carbons (Fsp3) is 0.333. The van der Waals surface area contributed by atoms with Crippen LogP contribution < -0.4 is 10.6 Å². The Morgan fingerprint density at radius 2 is 1.89 bits per heavy atom. The summed E-state index contributed by atoms with van der Waals surface area (Å²) in [5.74, 6) is -0.853. The van der Waals surface area contributed by atoms with Crippen LogP contribution in [-0.2, 0) is 4.79 Å². The van der Waals surface area contributed by atoms with E-state index in [1.807, 2.05) is 0 Å². The molecule has 0 aliphatic heterocycles. The molecule has 0 unspecified atom stereocenters. The Kier molecular flexibility index (Phi) is 3.43. The van der Waals surface area contributed by atoms with Gasteiger partial charge in [0.15, 0.2) is 0 Å². The second-order valence-corrected chi connectivity index (χ2v) is 4.84. The van der Waals surface area contributed by atoms with E-state index in [0.717, 1.165) is 0 Å². The molecule has 1 aromatic rings. The van der Waals surface area contributed by atoms with Gasteiger partial charge in [0.2, 0.25) is 0 Å². The van der Waals surface area contributed by atoms with Crippen LogP contribution in [-0.4, -0.2) is 23.7 Å². The number of carboxylic acids is 1. The minimum atomic E-state index is -0.853. The molecule has 0 radical (unpaired) electrons. The molecule has 1 aromatic carbocycles. The maximum atomic E-state index is 11.5. The largest absolute Gasteiger partial charge is 0.481 e. The van der Waals surface area contributed by atoms with E-state index in [1.165, 1.54) is 0 Å². The second-order valence-electron chi connectivity index (χ2n) is 4.40. The topological polar surface area (TPSA) is 78.4 Å². The SMILES string of the molecule is O=C(NCC1(C(=O)O)CC1)Nc1ccc(Cl)cc1. The summed E-state index contributed by atoms with van der Waals surface area (Å²) in [6.07, 6.45) is 1.23. The number of anilines is 1. The lowest BCUT2D eigenvalue weighted by Gasteiger charge is -2.12. The zero-order valence-electron chi connectivity index (χ0n) is 9.57. The Bertz CT molecular complexity index is 469. The zero-order valence-corrected chi connectivity index (χ0v) is 10.3. The Balaban J connectivity index is 1.82. The Labute approximate surface area is 109 Å². The summed E-state index contributed by atoms with van der Waals surface area (Å²) in [6, 6.07) is 6.26. The van der Waals surface area contributed by atoms with Gasteiger partial charge in [0.25, 0.3) is 0 Å². The minimum absolute atomic E-state index is 0.155. The summed E-state index contributed by atoms with van der Waals surface area (Å²) in [5, 5.41) is 14.7. The third-order valence-electron chi connectivity index (χ3n) is 3.00. The molecule has 2 amide bonds. The van der Waals surface area contributed by atoms with Crippen molar-refractivity contribution in [1.82, 2.24) is 5.32 Å². The van der Waals surface area contributed by atoms with Gasteiger partial charge in [-0.25, -0.2) is 4.79 Å². The van der Waals surface area contributed by atoms with E-state index in [1.54, 1.807) is 24.3 Å². The number of urea groups is 1. The van der Waals surface area contributed by atoms with Crippen molar-refractivity contribution < 1.29 is 14.7 Å². The highest BCUT2D eigenvalue weighted by molar-refractivity contribution is 6.30. The monoisotopic (exact) mass is 268 g/mol. The molecule has 18 heavy (non-hydrogen) atoms. The molecule has 96 valence electrons. The maximum absolute atomic E-state index is 11.5. The van der Waals surface area contributed by atoms with E-state index in [9.17, 15) is 9.59 Å². The van der Waals surface area contributed by atoms with Crippen molar-refractivity contribution in [3.63, 3.8) is 0 Å². The van der Waals surface area contributed by atoms with E-state index < -0.39 is 17.4 Å². The molecule has 6 heteroatoms. The first kappa shape index (κ1) is 12.7. The van der Waals surface area contributed by atoms with Gasteiger partial charge in [-0.05, 0) is 37.1 Å². The maximum Gasteiger partial charge on any atom is 0.319 e. The highest BCUT2D eigenvalue weighted by atomic mass is 35.5. The van der Waals surface area contributed by atoms with Crippen LogP contribution in [0, 0.1) is 5.41 Å². The molecule has 0 spiro atoms. The molecule has 2 rings (SSSR count). The van der Waals surface area contributed by atoms with Crippen LogP contribution in [0.5, 0.6) is 0 Å². The van der Waals surface area contributed by atoms with Crippen LogP contribution in [0.25, 0.3) is 0 Å². The third kappa shape index (κ3) is 2.92. The molecule has 0 saturated heterocycles. The summed E-state index contributed by atoms with van der Waals surface area (Å²) in [4.78, 5) is 22.5. The van der Waals surface area contributed by atoms with Crippen LogP contribution in [0.4, 0.5) is 10.5 Å². The molecule has 0 aromatic heterocycles. The smallest absolute Gasteiger partial charge is 0.319 e. The average Bonchev–Trinajstić information content (AvgIpc) is 3.11. The van der Waals surface area contributed by atoms with Crippen molar-refractivity contribution in [1.29, 1.82) is 0 Å². The van der Waals surface area contributed by atoms with Crippen LogP contribution in [0.15, 0.2) is 24.3 Å². The van der Waals surface area contributed by atoms with E-state index >= 15 is 0 Å². The number of halogens is 1. The predicted octanol–water partition coefficient (Wildman–Crippen LogP) is 2.33. The second kappa shape index (κ2) is 4.86. The number of aliphatic carboxylic acids is 1. The van der Waals surface area contributed by atoms with Gasteiger partial charge in [0.05, 0.1) is 5.41 Å². The molecular weight excluding hydrogens is 256 g/mol. The number of carbonyl (C=O) groups is 2. The van der Waals surface area contributed by atoms with Gasteiger partial charge in [-0.2, -0.15) is 0 Å². The number of carbonyl (C=O) groups excluding carboxylic acids is 1. The lowest BCUT2D eigenvalue weighted by molar-refractivity contribution is -0.143. The first-order valence-electron chi connectivity index (χ1n) is 5.56.